The molecule has 2 aliphatic rings. The first kappa shape index (κ1) is 23.1. The highest BCUT2D eigenvalue weighted by molar-refractivity contribution is 8.26. The van der Waals surface area contributed by atoms with Crippen molar-refractivity contribution in [2.24, 2.45) is 5.92 Å². The molecule has 1 aliphatic carbocycles. The zero-order chi connectivity index (χ0) is 22.5. The van der Waals surface area contributed by atoms with Crippen molar-refractivity contribution < 1.29 is 29.0 Å². The molecule has 2 amide bonds. The third-order valence-electron chi connectivity index (χ3n) is 5.13. The number of thiocarbonyl (C=S) groups is 1. The molecule has 0 radical (unpaired) electrons. The Kier molecular flexibility index (Phi) is 7.55. The summed E-state index contributed by atoms with van der Waals surface area (Å²) in [6, 6.07) is 4.90. The van der Waals surface area contributed by atoms with Gasteiger partial charge in [-0.05, 0) is 55.8 Å². The Labute approximate surface area is 189 Å². The molecule has 1 heterocycles. The lowest BCUT2D eigenvalue weighted by Crippen LogP contribution is -2.47. The lowest BCUT2D eigenvalue weighted by Gasteiger charge is -2.23. The van der Waals surface area contributed by atoms with Crippen molar-refractivity contribution >= 4 is 52.2 Å². The van der Waals surface area contributed by atoms with Gasteiger partial charge < -0.3 is 14.6 Å². The molecule has 0 bridgehead atoms. The van der Waals surface area contributed by atoms with Crippen molar-refractivity contribution in [1.82, 2.24) is 10.4 Å². The standard InChI is InChI=1S/C21H24N2O6S2/c1-12(20(26)27)29-15-9-8-13(10-16(15)28-2)11-17-19(25)23(21(30)31-17)22-18(24)14-6-4-3-5-7-14/h8-12,14H,3-7H2,1-2H3,(H,22,24)(H,26,27)/b17-11+. The van der Waals surface area contributed by atoms with Crippen LogP contribution in [0.5, 0.6) is 11.5 Å². The Morgan fingerprint density at radius 2 is 2.00 bits per heavy atom. The van der Waals surface area contributed by atoms with Crippen molar-refractivity contribution in [1.29, 1.82) is 0 Å². The van der Waals surface area contributed by atoms with E-state index in [0.29, 0.717) is 16.2 Å². The molecule has 0 spiro atoms. The number of methoxy groups -OCH3 is 1. The summed E-state index contributed by atoms with van der Waals surface area (Å²) >= 11 is 6.39. The van der Waals surface area contributed by atoms with Crippen LogP contribution in [-0.2, 0) is 14.4 Å². The molecule has 1 aromatic rings. The molecule has 1 aromatic carbocycles. The molecule has 8 nitrogen and oxygen atoms in total. The van der Waals surface area contributed by atoms with Crippen molar-refractivity contribution in [3.05, 3.63) is 28.7 Å². The Balaban J connectivity index is 1.73. The summed E-state index contributed by atoms with van der Waals surface area (Å²) in [4.78, 5) is 36.7. The summed E-state index contributed by atoms with van der Waals surface area (Å²) in [6.45, 7) is 1.42. The van der Waals surface area contributed by atoms with Gasteiger partial charge in [-0.3, -0.25) is 15.0 Å². The summed E-state index contributed by atoms with van der Waals surface area (Å²) in [5.74, 6) is -1.13. The van der Waals surface area contributed by atoms with Crippen LogP contribution in [0.2, 0.25) is 0 Å². The van der Waals surface area contributed by atoms with Crippen LogP contribution in [0.3, 0.4) is 0 Å². The average molecular weight is 465 g/mol. The summed E-state index contributed by atoms with van der Waals surface area (Å²) < 4.78 is 10.9. The van der Waals surface area contributed by atoms with Crippen molar-refractivity contribution in [3.63, 3.8) is 0 Å². The van der Waals surface area contributed by atoms with E-state index in [-0.39, 0.29) is 21.9 Å². The van der Waals surface area contributed by atoms with E-state index in [2.05, 4.69) is 5.43 Å². The van der Waals surface area contributed by atoms with Crippen molar-refractivity contribution in [2.75, 3.05) is 7.11 Å². The molecular weight excluding hydrogens is 440 g/mol. The lowest BCUT2D eigenvalue weighted by molar-refractivity contribution is -0.144. The number of ether oxygens (including phenoxy) is 2. The summed E-state index contributed by atoms with van der Waals surface area (Å²) in [5, 5.41) is 10.1. The van der Waals surface area contributed by atoms with Gasteiger partial charge >= 0.3 is 5.97 Å². The third-order valence-corrected chi connectivity index (χ3v) is 6.43. The third kappa shape index (κ3) is 5.56. The van der Waals surface area contributed by atoms with Gasteiger partial charge in [-0.25, -0.2) is 4.79 Å². The van der Waals surface area contributed by atoms with E-state index in [4.69, 9.17) is 26.8 Å². The number of carboxylic acid groups (broad SMARTS) is 1. The number of amides is 2. The van der Waals surface area contributed by atoms with Gasteiger partial charge in [0, 0.05) is 5.92 Å². The molecule has 1 saturated carbocycles. The molecule has 166 valence electrons. The van der Waals surface area contributed by atoms with Gasteiger partial charge in [-0.15, -0.1) is 0 Å². The molecular formula is C21H24N2O6S2. The number of rotatable bonds is 7. The number of aliphatic carboxylic acids is 1. The minimum absolute atomic E-state index is 0.0904. The van der Waals surface area contributed by atoms with Gasteiger partial charge in [-0.1, -0.05) is 37.1 Å². The predicted molar refractivity (Wildman–Crippen MR) is 120 cm³/mol. The zero-order valence-corrected chi connectivity index (χ0v) is 18.9. The Morgan fingerprint density at radius 3 is 2.65 bits per heavy atom. The van der Waals surface area contributed by atoms with Crippen LogP contribution in [0.4, 0.5) is 0 Å². The molecule has 1 aliphatic heterocycles. The zero-order valence-electron chi connectivity index (χ0n) is 17.3. The lowest BCUT2D eigenvalue weighted by atomic mass is 9.89. The highest BCUT2D eigenvalue weighted by atomic mass is 32.2. The van der Waals surface area contributed by atoms with Gasteiger partial charge in [0.05, 0.1) is 12.0 Å². The summed E-state index contributed by atoms with van der Waals surface area (Å²) in [7, 11) is 1.44. The fourth-order valence-corrected chi connectivity index (χ4v) is 4.57. The quantitative estimate of drug-likeness (QED) is 0.468. The minimum Gasteiger partial charge on any atom is -0.493 e. The van der Waals surface area contributed by atoms with Crippen molar-refractivity contribution in [2.45, 2.75) is 45.1 Å². The molecule has 3 rings (SSSR count). The van der Waals surface area contributed by atoms with Crippen LogP contribution in [0.1, 0.15) is 44.6 Å². The van der Waals surface area contributed by atoms with Gasteiger partial charge in [-0.2, -0.15) is 5.01 Å². The summed E-state index contributed by atoms with van der Waals surface area (Å²) in [6.07, 6.45) is 5.42. The Morgan fingerprint density at radius 1 is 1.29 bits per heavy atom. The van der Waals surface area contributed by atoms with Gasteiger partial charge in [0.1, 0.15) is 0 Å². The van der Waals surface area contributed by atoms with Gasteiger partial charge in [0.2, 0.25) is 5.91 Å². The predicted octanol–water partition coefficient (Wildman–Crippen LogP) is 3.36. The van der Waals surface area contributed by atoms with E-state index in [9.17, 15) is 14.4 Å². The Hall–Kier alpha value is -2.59. The van der Waals surface area contributed by atoms with Crippen LogP contribution in [0.15, 0.2) is 23.1 Å². The molecule has 10 heteroatoms. The second kappa shape index (κ2) is 10.1. The molecule has 1 saturated heterocycles. The number of nitrogens with zero attached hydrogens (tertiary/aromatic N) is 1. The van der Waals surface area contributed by atoms with Crippen LogP contribution in [0.25, 0.3) is 6.08 Å². The number of nitrogens with one attached hydrogen (secondary N) is 1. The largest absolute Gasteiger partial charge is 0.493 e. The first-order valence-electron chi connectivity index (χ1n) is 9.96. The molecule has 1 atom stereocenters. The van der Waals surface area contributed by atoms with Crippen LogP contribution < -0.4 is 14.9 Å². The number of hydrogen-bond acceptors (Lipinski definition) is 7. The number of benzene rings is 1. The number of thioether (sulfide) groups is 1. The van der Waals surface area contributed by atoms with E-state index in [1.807, 2.05) is 0 Å². The Bertz CT molecular complexity index is 926. The second-order valence-electron chi connectivity index (χ2n) is 7.34. The number of carbonyl (C=O) groups is 3. The highest BCUT2D eigenvalue weighted by Crippen LogP contribution is 2.34. The molecule has 31 heavy (non-hydrogen) atoms. The molecule has 0 aromatic heterocycles. The normalized spacial score (nSPS) is 19.4. The molecule has 2 N–H and O–H groups in total. The minimum atomic E-state index is -1.09. The van der Waals surface area contributed by atoms with Crippen molar-refractivity contribution in [3.8, 4) is 11.5 Å². The maximum absolute atomic E-state index is 12.8. The van der Waals surface area contributed by atoms with Crippen LogP contribution in [-0.4, -0.2) is 45.4 Å². The smallest absolute Gasteiger partial charge is 0.344 e. The fraction of sp³-hybridized carbons (Fsp3) is 0.429. The van der Waals surface area contributed by atoms with Gasteiger partial charge in [0.25, 0.3) is 5.91 Å². The van der Waals surface area contributed by atoms with E-state index in [1.165, 1.54) is 14.0 Å². The SMILES string of the molecule is COc1cc(/C=C2/SC(=S)N(NC(=O)C3CCCCC3)C2=O)ccc1OC(C)C(=O)O. The maximum Gasteiger partial charge on any atom is 0.344 e. The number of hydrogen-bond donors (Lipinski definition) is 2. The summed E-state index contributed by atoms with van der Waals surface area (Å²) in [5.41, 5.74) is 3.31. The second-order valence-corrected chi connectivity index (χ2v) is 9.01. The maximum atomic E-state index is 12.8. The average Bonchev–Trinajstić information content (AvgIpc) is 3.02. The molecule has 1 unspecified atom stereocenters. The van der Waals surface area contributed by atoms with Crippen LogP contribution in [0, 0.1) is 5.92 Å². The van der Waals surface area contributed by atoms with E-state index >= 15 is 0 Å². The fourth-order valence-electron chi connectivity index (χ4n) is 3.39. The van der Waals surface area contributed by atoms with Crippen LogP contribution >= 0.6 is 24.0 Å². The van der Waals surface area contributed by atoms with E-state index < -0.39 is 18.0 Å². The first-order chi connectivity index (χ1) is 14.8. The first-order valence-corrected chi connectivity index (χ1v) is 11.2. The van der Waals surface area contributed by atoms with E-state index in [0.717, 1.165) is 48.9 Å². The van der Waals surface area contributed by atoms with E-state index in [1.54, 1.807) is 24.3 Å². The highest BCUT2D eigenvalue weighted by Gasteiger charge is 2.35. The number of carbonyl (C=O) groups excluding carboxylic acids is 2. The topological polar surface area (TPSA) is 105 Å². The van der Waals surface area contributed by atoms with Gasteiger partial charge in [0.15, 0.2) is 21.9 Å². The number of carboxylic acids is 1. The monoisotopic (exact) mass is 464 g/mol. The molecule has 2 fully saturated rings. The number of hydrazine groups is 1.